The molecule has 1 aliphatic rings. The molecule has 1 aromatic carbocycles. The van der Waals surface area contributed by atoms with Crippen LogP contribution in [0.3, 0.4) is 0 Å². The average Bonchev–Trinajstić information content (AvgIpc) is 2.75. The van der Waals surface area contributed by atoms with Crippen LogP contribution < -0.4 is 5.32 Å². The van der Waals surface area contributed by atoms with Gasteiger partial charge in [0.15, 0.2) is 0 Å². The summed E-state index contributed by atoms with van der Waals surface area (Å²) >= 11 is 0. The van der Waals surface area contributed by atoms with E-state index in [0.29, 0.717) is 12.5 Å². The predicted octanol–water partition coefficient (Wildman–Crippen LogP) is 2.45. The number of benzene rings is 1. The molecule has 0 spiro atoms. The van der Waals surface area contributed by atoms with Crippen LogP contribution >= 0.6 is 0 Å². The summed E-state index contributed by atoms with van der Waals surface area (Å²) in [5.74, 6) is 0.627. The molecule has 0 bridgehead atoms. The minimum atomic E-state index is -0.375. The number of aryl methyl sites for hydroxylation is 2. The van der Waals surface area contributed by atoms with Crippen LogP contribution in [0.15, 0.2) is 18.2 Å². The third-order valence-electron chi connectivity index (χ3n) is 3.40. The van der Waals surface area contributed by atoms with Gasteiger partial charge in [0.05, 0.1) is 6.10 Å². The number of hydrogen-bond donors (Lipinski definition) is 2. The summed E-state index contributed by atoms with van der Waals surface area (Å²) in [6.07, 6.45) is 3.27. The van der Waals surface area contributed by atoms with Gasteiger partial charge in [0.25, 0.3) is 0 Å². The highest BCUT2D eigenvalue weighted by atomic mass is 16.3. The van der Waals surface area contributed by atoms with Crippen molar-refractivity contribution in [3.63, 3.8) is 0 Å². The van der Waals surface area contributed by atoms with Crippen molar-refractivity contribution in [3.8, 4) is 0 Å². The van der Waals surface area contributed by atoms with E-state index in [9.17, 15) is 5.11 Å². The molecule has 2 N–H and O–H groups in total. The monoisotopic (exact) mass is 233 g/mol. The van der Waals surface area contributed by atoms with E-state index >= 15 is 0 Å². The Balaban J connectivity index is 1.92. The van der Waals surface area contributed by atoms with Crippen LogP contribution in [0, 0.1) is 5.92 Å². The van der Waals surface area contributed by atoms with Gasteiger partial charge in [0.2, 0.25) is 0 Å². The molecule has 0 aliphatic heterocycles. The third kappa shape index (κ3) is 3.30. The van der Waals surface area contributed by atoms with Crippen molar-refractivity contribution >= 4 is 0 Å². The number of nitrogens with one attached hydrogen (secondary N) is 1. The highest BCUT2D eigenvalue weighted by molar-refractivity contribution is 5.36. The largest absolute Gasteiger partial charge is 0.387 e. The quantitative estimate of drug-likeness (QED) is 0.819. The van der Waals surface area contributed by atoms with Gasteiger partial charge in [-0.25, -0.2) is 0 Å². The van der Waals surface area contributed by atoms with Crippen LogP contribution in [0.5, 0.6) is 0 Å². The lowest BCUT2D eigenvalue weighted by atomic mass is 10.0. The number of fused-ring (bicyclic) bond motifs is 1. The second kappa shape index (κ2) is 5.65. The maximum absolute atomic E-state index is 10.1. The van der Waals surface area contributed by atoms with Crippen molar-refractivity contribution in [2.75, 3.05) is 13.1 Å². The molecule has 0 saturated carbocycles. The molecule has 1 atom stereocenters. The second-order valence-electron chi connectivity index (χ2n) is 5.45. The first-order chi connectivity index (χ1) is 8.16. The van der Waals surface area contributed by atoms with E-state index in [1.165, 1.54) is 30.4 Å². The first-order valence-corrected chi connectivity index (χ1v) is 6.67. The van der Waals surface area contributed by atoms with Gasteiger partial charge in [-0.1, -0.05) is 32.0 Å². The summed E-state index contributed by atoms with van der Waals surface area (Å²) in [6, 6.07) is 6.44. The molecule has 1 aromatic rings. The third-order valence-corrected chi connectivity index (χ3v) is 3.40. The van der Waals surface area contributed by atoms with Gasteiger partial charge in [-0.2, -0.15) is 0 Å². The van der Waals surface area contributed by atoms with Crippen molar-refractivity contribution in [1.82, 2.24) is 5.32 Å². The van der Waals surface area contributed by atoms with Gasteiger partial charge in [-0.15, -0.1) is 0 Å². The molecule has 2 rings (SSSR count). The standard InChI is InChI=1S/C15H23NO/c1-11(2)9-16-10-15(17)14-7-6-12-4-3-5-13(12)8-14/h6-8,11,15-17H,3-5,9-10H2,1-2H3. The van der Waals surface area contributed by atoms with Gasteiger partial charge < -0.3 is 10.4 Å². The number of hydrogen-bond acceptors (Lipinski definition) is 2. The summed E-state index contributed by atoms with van der Waals surface area (Å²) in [5, 5.41) is 13.4. The van der Waals surface area contributed by atoms with Crippen molar-refractivity contribution in [3.05, 3.63) is 34.9 Å². The second-order valence-corrected chi connectivity index (χ2v) is 5.45. The molecule has 1 aliphatic carbocycles. The number of rotatable bonds is 5. The first-order valence-electron chi connectivity index (χ1n) is 6.67. The molecule has 0 aromatic heterocycles. The Labute approximate surface area is 104 Å². The molecule has 0 radical (unpaired) electrons. The van der Waals surface area contributed by atoms with Crippen LogP contribution in [-0.4, -0.2) is 18.2 Å². The molecule has 0 saturated heterocycles. The lowest BCUT2D eigenvalue weighted by molar-refractivity contribution is 0.173. The molecular formula is C15H23NO. The molecule has 2 heteroatoms. The van der Waals surface area contributed by atoms with Crippen LogP contribution in [0.2, 0.25) is 0 Å². The minimum absolute atomic E-state index is 0.375. The lowest BCUT2D eigenvalue weighted by Gasteiger charge is -2.14. The minimum Gasteiger partial charge on any atom is -0.387 e. The Hall–Kier alpha value is -0.860. The van der Waals surface area contributed by atoms with E-state index in [2.05, 4.69) is 37.4 Å². The number of aliphatic hydroxyl groups is 1. The Kier molecular flexibility index (Phi) is 4.19. The smallest absolute Gasteiger partial charge is 0.0914 e. The maximum atomic E-state index is 10.1. The zero-order valence-corrected chi connectivity index (χ0v) is 10.9. The van der Waals surface area contributed by atoms with Crippen molar-refractivity contribution in [1.29, 1.82) is 0 Å². The average molecular weight is 233 g/mol. The fraction of sp³-hybridized carbons (Fsp3) is 0.600. The first kappa shape index (κ1) is 12.6. The van der Waals surface area contributed by atoms with E-state index in [0.717, 1.165) is 12.1 Å². The van der Waals surface area contributed by atoms with E-state index in [-0.39, 0.29) is 6.10 Å². The summed E-state index contributed by atoms with van der Waals surface area (Å²) in [5.41, 5.74) is 3.96. The fourth-order valence-electron chi connectivity index (χ4n) is 2.43. The predicted molar refractivity (Wildman–Crippen MR) is 71.1 cm³/mol. The Morgan fingerprint density at radius 3 is 2.71 bits per heavy atom. The molecule has 17 heavy (non-hydrogen) atoms. The van der Waals surface area contributed by atoms with E-state index < -0.39 is 0 Å². The highest BCUT2D eigenvalue weighted by Gasteiger charge is 2.14. The molecule has 2 nitrogen and oxygen atoms in total. The zero-order valence-electron chi connectivity index (χ0n) is 10.9. The molecular weight excluding hydrogens is 210 g/mol. The molecule has 0 amide bonds. The van der Waals surface area contributed by atoms with Crippen molar-refractivity contribution < 1.29 is 5.11 Å². The molecule has 1 unspecified atom stereocenters. The summed E-state index contributed by atoms with van der Waals surface area (Å²) in [4.78, 5) is 0. The maximum Gasteiger partial charge on any atom is 0.0914 e. The van der Waals surface area contributed by atoms with Gasteiger partial charge >= 0.3 is 0 Å². The molecule has 94 valence electrons. The van der Waals surface area contributed by atoms with Crippen molar-refractivity contribution in [2.45, 2.75) is 39.2 Å². The summed E-state index contributed by atoms with van der Waals surface area (Å²) < 4.78 is 0. The van der Waals surface area contributed by atoms with E-state index in [4.69, 9.17) is 0 Å². The van der Waals surface area contributed by atoms with E-state index in [1.807, 2.05) is 0 Å². The zero-order chi connectivity index (χ0) is 12.3. The van der Waals surface area contributed by atoms with Gasteiger partial charge in [0, 0.05) is 6.54 Å². The van der Waals surface area contributed by atoms with Crippen molar-refractivity contribution in [2.24, 2.45) is 5.92 Å². The Bertz CT molecular complexity index is 373. The summed E-state index contributed by atoms with van der Waals surface area (Å²) in [6.45, 7) is 5.96. The van der Waals surface area contributed by atoms with E-state index in [1.54, 1.807) is 0 Å². The van der Waals surface area contributed by atoms with Crippen LogP contribution in [0.4, 0.5) is 0 Å². The SMILES string of the molecule is CC(C)CNCC(O)c1ccc2c(c1)CCC2. The van der Waals surface area contributed by atoms with Gasteiger partial charge in [-0.05, 0) is 48.4 Å². The number of aliphatic hydroxyl groups excluding tert-OH is 1. The normalized spacial score (nSPS) is 16.2. The highest BCUT2D eigenvalue weighted by Crippen LogP contribution is 2.25. The van der Waals surface area contributed by atoms with Crippen LogP contribution in [-0.2, 0) is 12.8 Å². The Morgan fingerprint density at radius 2 is 1.94 bits per heavy atom. The summed E-state index contributed by atoms with van der Waals surface area (Å²) in [7, 11) is 0. The van der Waals surface area contributed by atoms with Gasteiger partial charge in [-0.3, -0.25) is 0 Å². The Morgan fingerprint density at radius 1 is 1.18 bits per heavy atom. The molecule has 0 fully saturated rings. The lowest BCUT2D eigenvalue weighted by Crippen LogP contribution is -2.25. The van der Waals surface area contributed by atoms with Crippen LogP contribution in [0.25, 0.3) is 0 Å². The van der Waals surface area contributed by atoms with Crippen LogP contribution in [0.1, 0.15) is 43.1 Å². The van der Waals surface area contributed by atoms with Gasteiger partial charge in [0.1, 0.15) is 0 Å². The topological polar surface area (TPSA) is 32.3 Å². The fourth-order valence-corrected chi connectivity index (χ4v) is 2.43. The molecule has 0 heterocycles.